The summed E-state index contributed by atoms with van der Waals surface area (Å²) in [5.74, 6) is 0.876. The highest BCUT2D eigenvalue weighted by Crippen LogP contribution is 2.33. The zero-order valence-corrected chi connectivity index (χ0v) is 10.9. The van der Waals surface area contributed by atoms with Crippen molar-refractivity contribution in [1.29, 1.82) is 0 Å². The average Bonchev–Trinajstić information content (AvgIpc) is 2.68. The van der Waals surface area contributed by atoms with E-state index in [1.54, 1.807) is 10.7 Å². The van der Waals surface area contributed by atoms with Gasteiger partial charge in [-0.2, -0.15) is 5.10 Å². The van der Waals surface area contributed by atoms with Crippen LogP contribution in [0.1, 0.15) is 13.3 Å². The molecule has 1 fully saturated rings. The molecule has 1 unspecified atom stereocenters. The maximum atomic E-state index is 11.5. The van der Waals surface area contributed by atoms with Gasteiger partial charge in [0.2, 0.25) is 0 Å². The number of nitrogens with zero attached hydrogens (tertiary/aromatic N) is 2. The van der Waals surface area contributed by atoms with E-state index in [1.165, 1.54) is 11.8 Å². The van der Waals surface area contributed by atoms with Crippen molar-refractivity contribution in [3.05, 3.63) is 6.07 Å². The second kappa shape index (κ2) is 3.66. The van der Waals surface area contributed by atoms with Crippen LogP contribution in [0.25, 0.3) is 0 Å². The molecule has 1 atom stereocenters. The van der Waals surface area contributed by atoms with E-state index in [2.05, 4.69) is 5.10 Å². The molecule has 1 aliphatic heterocycles. The Labute approximate surface area is 99.3 Å². The predicted octanol–water partition coefficient (Wildman–Crippen LogP) is 0.721. The number of thioether (sulfide) groups is 1. The largest absolute Gasteiger partial charge is 0.384 e. The Hall–Kier alpha value is -0.690. The van der Waals surface area contributed by atoms with Crippen molar-refractivity contribution in [2.75, 3.05) is 23.5 Å². The Bertz CT molecular complexity index is 509. The van der Waals surface area contributed by atoms with Crippen LogP contribution in [0.15, 0.2) is 11.1 Å². The summed E-state index contributed by atoms with van der Waals surface area (Å²) in [6.45, 7) is 1.89. The van der Waals surface area contributed by atoms with Crippen LogP contribution in [-0.2, 0) is 15.4 Å². The lowest BCUT2D eigenvalue weighted by atomic mass is 10.0. The van der Waals surface area contributed by atoms with Crippen LogP contribution in [0, 0.1) is 0 Å². The Morgan fingerprint density at radius 2 is 2.31 bits per heavy atom. The van der Waals surface area contributed by atoms with Crippen LogP contribution in [0.4, 0.5) is 5.82 Å². The van der Waals surface area contributed by atoms with Gasteiger partial charge < -0.3 is 5.73 Å². The monoisotopic (exact) mass is 261 g/mol. The van der Waals surface area contributed by atoms with Crippen LogP contribution in [-0.4, -0.2) is 36.0 Å². The number of sulfone groups is 1. The van der Waals surface area contributed by atoms with Crippen molar-refractivity contribution >= 4 is 27.4 Å². The molecule has 0 amide bonds. The fourth-order valence-electron chi connectivity index (χ4n) is 2.07. The number of aromatic nitrogens is 2. The summed E-state index contributed by atoms with van der Waals surface area (Å²) in [4.78, 5) is 0. The molecule has 0 saturated carbocycles. The first kappa shape index (κ1) is 11.8. The number of hydrogen-bond acceptors (Lipinski definition) is 5. The summed E-state index contributed by atoms with van der Waals surface area (Å²) in [6, 6.07) is 1.78. The molecule has 1 aromatic heterocycles. The van der Waals surface area contributed by atoms with Gasteiger partial charge >= 0.3 is 0 Å². The number of anilines is 1. The number of hydrogen-bond donors (Lipinski definition) is 1. The van der Waals surface area contributed by atoms with E-state index in [9.17, 15) is 8.42 Å². The minimum absolute atomic E-state index is 0.125. The third-order valence-corrected chi connectivity index (χ3v) is 5.42. The second-order valence-electron chi connectivity index (χ2n) is 4.36. The zero-order valence-electron chi connectivity index (χ0n) is 9.30. The molecule has 0 radical (unpaired) electrons. The van der Waals surface area contributed by atoms with Gasteiger partial charge in [-0.1, -0.05) is 0 Å². The van der Waals surface area contributed by atoms with Gasteiger partial charge in [0.05, 0.1) is 17.0 Å². The standard InChI is InChI=1S/C9H15N3O2S2/c1-9(3-4-16(13,14)6-9)12-7(10)5-8(11-12)15-2/h5H,3-4,6,10H2,1-2H3. The lowest BCUT2D eigenvalue weighted by Crippen LogP contribution is -2.33. The smallest absolute Gasteiger partial charge is 0.152 e. The summed E-state index contributed by atoms with van der Waals surface area (Å²) in [7, 11) is -2.94. The summed E-state index contributed by atoms with van der Waals surface area (Å²) >= 11 is 1.50. The Morgan fingerprint density at radius 3 is 2.75 bits per heavy atom. The Morgan fingerprint density at radius 1 is 1.62 bits per heavy atom. The maximum absolute atomic E-state index is 11.5. The molecule has 0 aromatic carbocycles. The highest BCUT2D eigenvalue weighted by atomic mass is 32.2. The van der Waals surface area contributed by atoms with Gasteiger partial charge in [-0.3, -0.25) is 0 Å². The normalized spacial score (nSPS) is 28.4. The fraction of sp³-hybridized carbons (Fsp3) is 0.667. The topological polar surface area (TPSA) is 78.0 Å². The van der Waals surface area contributed by atoms with Gasteiger partial charge in [-0.15, -0.1) is 11.8 Å². The molecule has 2 N–H and O–H groups in total. The van der Waals surface area contributed by atoms with E-state index < -0.39 is 15.4 Å². The Balaban J connectivity index is 2.40. The molecule has 0 aliphatic carbocycles. The molecule has 0 spiro atoms. The molecule has 1 saturated heterocycles. The van der Waals surface area contributed by atoms with Gasteiger partial charge in [-0.25, -0.2) is 13.1 Å². The van der Waals surface area contributed by atoms with Crippen molar-refractivity contribution in [3.63, 3.8) is 0 Å². The molecule has 90 valence electrons. The molecule has 5 nitrogen and oxygen atoms in total. The van der Waals surface area contributed by atoms with Gasteiger partial charge in [-0.05, 0) is 19.6 Å². The third kappa shape index (κ3) is 1.93. The average molecular weight is 261 g/mol. The van der Waals surface area contributed by atoms with Gasteiger partial charge in [0, 0.05) is 6.07 Å². The van der Waals surface area contributed by atoms with Crippen molar-refractivity contribution < 1.29 is 8.42 Å². The first-order valence-corrected chi connectivity index (χ1v) is 8.01. The summed E-state index contributed by atoms with van der Waals surface area (Å²) in [5, 5.41) is 5.16. The SMILES string of the molecule is CSc1cc(N)n(C2(C)CCS(=O)(=O)C2)n1. The quantitative estimate of drug-likeness (QED) is 0.794. The minimum Gasteiger partial charge on any atom is -0.384 e. The van der Waals surface area contributed by atoms with E-state index in [0.717, 1.165) is 5.03 Å². The molecule has 16 heavy (non-hydrogen) atoms. The van der Waals surface area contributed by atoms with Crippen molar-refractivity contribution in [3.8, 4) is 0 Å². The highest BCUT2D eigenvalue weighted by molar-refractivity contribution is 7.98. The first-order chi connectivity index (χ1) is 7.36. The van der Waals surface area contributed by atoms with Crippen molar-refractivity contribution in [2.24, 2.45) is 0 Å². The second-order valence-corrected chi connectivity index (χ2v) is 7.37. The molecule has 0 bridgehead atoms. The molecular weight excluding hydrogens is 246 g/mol. The van der Waals surface area contributed by atoms with E-state index in [0.29, 0.717) is 12.2 Å². The molecular formula is C9H15N3O2S2. The number of nitrogens with two attached hydrogens (primary N) is 1. The lowest BCUT2D eigenvalue weighted by molar-refractivity contribution is 0.329. The van der Waals surface area contributed by atoms with Crippen molar-refractivity contribution in [1.82, 2.24) is 9.78 Å². The number of nitrogen functional groups attached to an aromatic ring is 1. The van der Waals surface area contributed by atoms with E-state index in [4.69, 9.17) is 5.73 Å². The van der Waals surface area contributed by atoms with Gasteiger partial charge in [0.25, 0.3) is 0 Å². The molecule has 2 heterocycles. The van der Waals surface area contributed by atoms with Crippen molar-refractivity contribution in [2.45, 2.75) is 23.9 Å². The van der Waals surface area contributed by atoms with E-state index in [-0.39, 0.29) is 11.5 Å². The van der Waals surface area contributed by atoms with Crippen LogP contribution >= 0.6 is 11.8 Å². The molecule has 1 aliphatic rings. The number of rotatable bonds is 2. The molecule has 1 aromatic rings. The lowest BCUT2D eigenvalue weighted by Gasteiger charge is -2.23. The van der Waals surface area contributed by atoms with Crippen LogP contribution < -0.4 is 5.73 Å². The third-order valence-electron chi connectivity index (χ3n) is 2.92. The van der Waals surface area contributed by atoms with E-state index in [1.807, 2.05) is 13.2 Å². The van der Waals surface area contributed by atoms with E-state index >= 15 is 0 Å². The van der Waals surface area contributed by atoms with Crippen LogP contribution in [0.2, 0.25) is 0 Å². The van der Waals surface area contributed by atoms with Crippen LogP contribution in [0.3, 0.4) is 0 Å². The molecule has 2 rings (SSSR count). The zero-order chi connectivity index (χ0) is 12.0. The summed E-state index contributed by atoms with van der Waals surface area (Å²) in [6.07, 6.45) is 2.49. The first-order valence-electron chi connectivity index (χ1n) is 4.97. The fourth-order valence-corrected chi connectivity index (χ4v) is 4.58. The van der Waals surface area contributed by atoms with Crippen LogP contribution in [0.5, 0.6) is 0 Å². The van der Waals surface area contributed by atoms with Gasteiger partial charge in [0.1, 0.15) is 10.8 Å². The molecule has 7 heteroatoms. The highest BCUT2D eigenvalue weighted by Gasteiger charge is 2.41. The van der Waals surface area contributed by atoms with Gasteiger partial charge in [0.15, 0.2) is 9.84 Å². The minimum atomic E-state index is -2.94. The Kier molecular flexibility index (Phi) is 2.70. The maximum Gasteiger partial charge on any atom is 0.152 e. The summed E-state index contributed by atoms with van der Waals surface area (Å²) in [5.41, 5.74) is 5.37. The predicted molar refractivity (Wildman–Crippen MR) is 65.3 cm³/mol. The summed E-state index contributed by atoms with van der Waals surface area (Å²) < 4.78 is 24.7.